The molecule has 0 aliphatic carbocycles. The van der Waals surface area contributed by atoms with E-state index in [0.717, 1.165) is 11.1 Å². The third-order valence-corrected chi connectivity index (χ3v) is 4.89. The number of carbonyl (C=O) groups excluding carboxylic acids is 2. The zero-order chi connectivity index (χ0) is 23.3. The van der Waals surface area contributed by atoms with Crippen LogP contribution in [0.4, 0.5) is 10.6 Å². The number of nitrogens with two attached hydrogens (primary N) is 2. The highest BCUT2D eigenvalue weighted by molar-refractivity contribution is 6.03. The van der Waals surface area contributed by atoms with Crippen LogP contribution in [0.5, 0.6) is 0 Å². The van der Waals surface area contributed by atoms with Crippen molar-refractivity contribution < 1.29 is 19.4 Å². The van der Waals surface area contributed by atoms with Gasteiger partial charge in [0, 0.05) is 12.7 Å². The maximum atomic E-state index is 12.7. The number of nitrogens with one attached hydrogen (secondary N) is 1. The first kappa shape index (κ1) is 22.9. The summed E-state index contributed by atoms with van der Waals surface area (Å²) in [6, 6.07) is 6.09. The predicted octanol–water partition coefficient (Wildman–Crippen LogP) is 0.378. The summed E-state index contributed by atoms with van der Waals surface area (Å²) in [6.45, 7) is 4.25. The summed E-state index contributed by atoms with van der Waals surface area (Å²) in [6.07, 6.45) is 1.17. The van der Waals surface area contributed by atoms with Crippen molar-refractivity contribution in [2.24, 2.45) is 16.8 Å². The molecule has 1 unspecified atom stereocenters. The van der Waals surface area contributed by atoms with Crippen molar-refractivity contribution in [3.63, 3.8) is 0 Å². The number of fused-ring (bicyclic) bond motifs is 1. The number of hydrogen-bond acceptors (Lipinski definition) is 9. The number of amides is 2. The Bertz CT molecular complexity index is 1030. The summed E-state index contributed by atoms with van der Waals surface area (Å²) in [5.41, 5.74) is 2.19. The molecule has 0 saturated heterocycles. The van der Waals surface area contributed by atoms with E-state index >= 15 is 0 Å². The van der Waals surface area contributed by atoms with Crippen LogP contribution in [-0.4, -0.2) is 62.1 Å². The lowest BCUT2D eigenvalue weighted by Crippen LogP contribution is -2.47. The lowest BCUT2D eigenvalue weighted by Gasteiger charge is -2.25. The average molecular weight is 442 g/mol. The number of aromatic nitrogens is 2. The van der Waals surface area contributed by atoms with Gasteiger partial charge in [-0.1, -0.05) is 6.07 Å². The van der Waals surface area contributed by atoms with Crippen molar-refractivity contribution in [2.45, 2.75) is 33.0 Å². The highest BCUT2D eigenvalue weighted by Gasteiger charge is 2.26. The molecule has 0 spiro atoms. The number of amidine groups is 1. The second-order valence-corrected chi connectivity index (χ2v) is 7.15. The molecule has 2 aromatic heterocycles. The molecule has 0 aromatic carbocycles. The Morgan fingerprint density at radius 3 is 2.78 bits per heavy atom. The van der Waals surface area contributed by atoms with E-state index in [-0.39, 0.29) is 24.0 Å². The van der Waals surface area contributed by atoms with Crippen LogP contribution >= 0.6 is 0 Å². The summed E-state index contributed by atoms with van der Waals surface area (Å²) in [5.74, 6) is 11.3. The van der Waals surface area contributed by atoms with Gasteiger partial charge in [0.25, 0.3) is 5.91 Å². The number of hydrogen-bond donors (Lipinski definition) is 4. The second-order valence-electron chi connectivity index (χ2n) is 7.15. The molecule has 1 atom stereocenters. The van der Waals surface area contributed by atoms with Crippen LogP contribution in [-0.2, 0) is 17.8 Å². The van der Waals surface area contributed by atoms with Crippen LogP contribution in [0.1, 0.15) is 41.2 Å². The van der Waals surface area contributed by atoms with Crippen molar-refractivity contribution in [3.8, 4) is 0 Å². The fourth-order valence-electron chi connectivity index (χ4n) is 3.12. The topological polar surface area (TPSA) is 172 Å². The highest BCUT2D eigenvalue weighted by atomic mass is 16.6. The number of ether oxygens (including phenoxy) is 1. The quantitative estimate of drug-likeness (QED) is 0.213. The molecule has 32 heavy (non-hydrogen) atoms. The SMILES string of the molecule is CCOC(=O)N1Cc2cnc(C(=O)Nc3cccc(/C(=N/N)N(N)C(C)CO)n3)cc2C1. The van der Waals surface area contributed by atoms with Crippen LogP contribution < -0.4 is 17.0 Å². The number of carbonyl (C=O) groups is 2. The average Bonchev–Trinajstić information content (AvgIpc) is 3.23. The molecule has 2 aromatic rings. The predicted molar refractivity (Wildman–Crippen MR) is 116 cm³/mol. The Labute approximate surface area is 184 Å². The summed E-state index contributed by atoms with van der Waals surface area (Å²) in [4.78, 5) is 34.8. The molecule has 0 bridgehead atoms. The zero-order valence-electron chi connectivity index (χ0n) is 17.9. The lowest BCUT2D eigenvalue weighted by atomic mass is 10.1. The normalized spacial score (nSPS) is 14.0. The maximum Gasteiger partial charge on any atom is 0.410 e. The second kappa shape index (κ2) is 10.0. The van der Waals surface area contributed by atoms with Crippen LogP contribution in [0.2, 0.25) is 0 Å². The molecule has 6 N–H and O–H groups in total. The number of nitrogens with zero attached hydrogens (tertiary/aromatic N) is 5. The summed E-state index contributed by atoms with van der Waals surface area (Å²) < 4.78 is 5.03. The lowest BCUT2D eigenvalue weighted by molar-refractivity contribution is 0.102. The van der Waals surface area contributed by atoms with Gasteiger partial charge in [-0.15, -0.1) is 0 Å². The summed E-state index contributed by atoms with van der Waals surface area (Å²) in [5, 5.41) is 16.8. The fourth-order valence-corrected chi connectivity index (χ4v) is 3.12. The number of hydrazine groups is 1. The van der Waals surface area contributed by atoms with Crippen molar-refractivity contribution >= 4 is 23.7 Å². The number of anilines is 1. The number of hydrazone groups is 1. The zero-order valence-corrected chi connectivity index (χ0v) is 17.9. The van der Waals surface area contributed by atoms with Gasteiger partial charge in [0.15, 0.2) is 5.84 Å². The largest absolute Gasteiger partial charge is 0.450 e. The minimum Gasteiger partial charge on any atom is -0.450 e. The van der Waals surface area contributed by atoms with E-state index in [9.17, 15) is 14.7 Å². The monoisotopic (exact) mass is 442 g/mol. The number of rotatable bonds is 6. The number of aliphatic hydroxyl groups is 1. The van der Waals surface area contributed by atoms with Crippen molar-refractivity contribution in [1.29, 1.82) is 0 Å². The van der Waals surface area contributed by atoms with Gasteiger partial charge in [-0.3, -0.25) is 19.7 Å². The molecule has 0 radical (unpaired) electrons. The molecule has 0 fully saturated rings. The van der Waals surface area contributed by atoms with E-state index in [2.05, 4.69) is 20.4 Å². The summed E-state index contributed by atoms with van der Waals surface area (Å²) in [7, 11) is 0. The number of pyridine rings is 2. The van der Waals surface area contributed by atoms with Gasteiger partial charge in [0.05, 0.1) is 25.8 Å². The number of aliphatic hydroxyl groups excluding tert-OH is 1. The molecule has 3 heterocycles. The van der Waals surface area contributed by atoms with Crippen LogP contribution in [0, 0.1) is 0 Å². The first-order valence-corrected chi connectivity index (χ1v) is 9.98. The van der Waals surface area contributed by atoms with Gasteiger partial charge in [0.1, 0.15) is 17.2 Å². The standard InChI is InChI=1S/C20H26N8O4/c1-3-32-20(31)27-9-13-7-16(23-8-14(13)10-27)19(30)25-17-6-4-5-15(24-17)18(26-21)28(22)12(2)11-29/h4-8,12,29H,3,9-11,21-22H2,1-2H3,(H,24,25,30)/b26-18-. The first-order chi connectivity index (χ1) is 15.4. The van der Waals surface area contributed by atoms with E-state index in [0.29, 0.717) is 25.4 Å². The molecule has 1 aliphatic rings. The Morgan fingerprint density at radius 1 is 1.34 bits per heavy atom. The minimum absolute atomic E-state index is 0.150. The Morgan fingerprint density at radius 2 is 2.09 bits per heavy atom. The smallest absolute Gasteiger partial charge is 0.410 e. The molecular formula is C20H26N8O4. The van der Waals surface area contributed by atoms with Gasteiger partial charge in [-0.25, -0.2) is 15.6 Å². The first-order valence-electron chi connectivity index (χ1n) is 9.98. The van der Waals surface area contributed by atoms with E-state index in [1.54, 1.807) is 49.2 Å². The molecule has 12 nitrogen and oxygen atoms in total. The summed E-state index contributed by atoms with van der Waals surface area (Å²) >= 11 is 0. The maximum absolute atomic E-state index is 12.7. The van der Waals surface area contributed by atoms with Crippen molar-refractivity contribution in [2.75, 3.05) is 18.5 Å². The molecular weight excluding hydrogens is 416 g/mol. The van der Waals surface area contributed by atoms with Gasteiger partial charge in [0.2, 0.25) is 0 Å². The van der Waals surface area contributed by atoms with Gasteiger partial charge >= 0.3 is 6.09 Å². The van der Waals surface area contributed by atoms with E-state index in [4.69, 9.17) is 16.4 Å². The van der Waals surface area contributed by atoms with Gasteiger partial charge < -0.3 is 21.0 Å². The van der Waals surface area contributed by atoms with Crippen LogP contribution in [0.15, 0.2) is 35.6 Å². The third-order valence-electron chi connectivity index (χ3n) is 4.89. The van der Waals surface area contributed by atoms with E-state index < -0.39 is 18.0 Å². The third kappa shape index (κ3) is 4.92. The van der Waals surface area contributed by atoms with E-state index in [1.807, 2.05) is 0 Å². The highest BCUT2D eigenvalue weighted by Crippen LogP contribution is 2.23. The molecule has 170 valence electrons. The molecule has 0 saturated carbocycles. The minimum atomic E-state index is -0.466. The molecule has 3 rings (SSSR count). The molecule has 1 aliphatic heterocycles. The van der Waals surface area contributed by atoms with Crippen molar-refractivity contribution in [3.05, 3.63) is 53.0 Å². The Hall–Kier alpha value is -3.77. The van der Waals surface area contributed by atoms with Crippen molar-refractivity contribution in [1.82, 2.24) is 19.9 Å². The van der Waals surface area contributed by atoms with Crippen LogP contribution in [0.25, 0.3) is 0 Å². The Kier molecular flexibility index (Phi) is 7.18. The Balaban J connectivity index is 1.73. The molecule has 2 amide bonds. The van der Waals surface area contributed by atoms with Crippen LogP contribution in [0.3, 0.4) is 0 Å². The fraction of sp³-hybridized carbons (Fsp3) is 0.350. The van der Waals surface area contributed by atoms with E-state index in [1.165, 1.54) is 5.01 Å². The van der Waals surface area contributed by atoms with Gasteiger partial charge in [-0.05, 0) is 43.2 Å². The van der Waals surface area contributed by atoms with Gasteiger partial charge in [-0.2, -0.15) is 5.10 Å². The molecule has 12 heteroatoms.